The molecule has 0 saturated heterocycles. The Kier molecular flexibility index (Phi) is 17.1. The van der Waals surface area contributed by atoms with Crippen LogP contribution in [-0.4, -0.2) is 48.9 Å². The fourth-order valence-corrected chi connectivity index (χ4v) is 3.17. The maximum absolute atomic E-state index is 10.2. The Hall–Kier alpha value is -4.95. The molecular weight excluding hydrogens is 598 g/mol. The van der Waals surface area contributed by atoms with Gasteiger partial charge in [-0.05, 0) is 54.4 Å². The van der Waals surface area contributed by atoms with Crippen LogP contribution in [0.25, 0.3) is 0 Å². The molecule has 2 N–H and O–H groups in total. The highest BCUT2D eigenvalue weighted by Crippen LogP contribution is 2.15. The standard InChI is InChI=1S/C6H11NO.2C6H9NO.C5H8N2O.2C4H5NO2/c1-5-7-6(2,3)4-8-5;1-3-6-5(2)4-8-7-6;1-3-6-4-5(2)8-7-6;1-3-5-7-6-4(2)8-5;1-3-2-5-7-4(3)6;1-3-2-4(6)7-5-3/h4H2,1-3H3;2*4H,3H2,1-2H3;3H2,1-2H3;2*2,5H,1H3. The summed E-state index contributed by atoms with van der Waals surface area (Å²) in [5.41, 5.74) is 4.02. The van der Waals surface area contributed by atoms with Crippen molar-refractivity contribution in [2.75, 3.05) is 6.61 Å². The minimum absolute atomic E-state index is 0.0318. The number of aromatic amines is 2. The fourth-order valence-electron chi connectivity index (χ4n) is 3.17. The van der Waals surface area contributed by atoms with E-state index in [0.29, 0.717) is 17.3 Å². The van der Waals surface area contributed by atoms with Crippen molar-refractivity contribution in [1.82, 2.24) is 30.8 Å². The molecule has 0 radical (unpaired) electrons. The number of nitrogens with one attached hydrogen (secondary N) is 2. The van der Waals surface area contributed by atoms with E-state index in [9.17, 15) is 9.59 Å². The Labute approximate surface area is 267 Å². The molecule has 0 saturated carbocycles. The van der Waals surface area contributed by atoms with Crippen LogP contribution in [0.4, 0.5) is 0 Å². The van der Waals surface area contributed by atoms with Crippen molar-refractivity contribution in [3.63, 3.8) is 0 Å². The first-order chi connectivity index (χ1) is 21.7. The van der Waals surface area contributed by atoms with Gasteiger partial charge in [0.05, 0.1) is 28.2 Å². The number of aryl methyl sites for hydroxylation is 8. The summed E-state index contributed by atoms with van der Waals surface area (Å²) in [5.74, 6) is 3.06. The quantitative estimate of drug-likeness (QED) is 0.239. The van der Waals surface area contributed by atoms with E-state index in [4.69, 9.17) is 13.7 Å². The molecule has 6 heterocycles. The molecule has 5 aromatic heterocycles. The first-order valence-electron chi connectivity index (χ1n) is 14.8. The molecule has 15 nitrogen and oxygen atoms in total. The van der Waals surface area contributed by atoms with Gasteiger partial charge in [-0.3, -0.25) is 0 Å². The molecule has 0 atom stereocenters. The molecule has 46 heavy (non-hydrogen) atoms. The number of rotatable bonds is 3. The van der Waals surface area contributed by atoms with E-state index < -0.39 is 0 Å². The van der Waals surface area contributed by atoms with Gasteiger partial charge in [-0.25, -0.2) is 24.9 Å². The van der Waals surface area contributed by atoms with E-state index in [1.807, 2.05) is 33.8 Å². The zero-order valence-corrected chi connectivity index (χ0v) is 28.6. The number of aliphatic imine (C=N–C) groups is 1. The van der Waals surface area contributed by atoms with E-state index in [1.165, 1.54) is 12.3 Å². The minimum atomic E-state index is -0.322. The van der Waals surface area contributed by atoms with Crippen molar-refractivity contribution < 1.29 is 27.2 Å². The molecule has 1 aliphatic heterocycles. The molecule has 0 bridgehead atoms. The highest BCUT2D eigenvalue weighted by Gasteiger charge is 2.23. The van der Waals surface area contributed by atoms with Crippen molar-refractivity contribution in [3.8, 4) is 0 Å². The third-order valence-electron chi connectivity index (χ3n) is 5.58. The van der Waals surface area contributed by atoms with Crippen molar-refractivity contribution in [2.45, 2.75) is 101 Å². The molecule has 0 aliphatic carbocycles. The predicted molar refractivity (Wildman–Crippen MR) is 171 cm³/mol. The molecule has 0 fully saturated rings. The third kappa shape index (κ3) is 16.2. The van der Waals surface area contributed by atoms with Gasteiger partial charge in [0.15, 0.2) is 5.90 Å². The van der Waals surface area contributed by atoms with Gasteiger partial charge in [0.25, 0.3) is 0 Å². The van der Waals surface area contributed by atoms with E-state index >= 15 is 0 Å². The predicted octanol–water partition coefficient (Wildman–Crippen LogP) is 5.80. The van der Waals surface area contributed by atoms with Crippen molar-refractivity contribution in [2.24, 2.45) is 4.99 Å². The zero-order chi connectivity index (χ0) is 34.7. The van der Waals surface area contributed by atoms with Gasteiger partial charge in [-0.15, -0.1) is 10.2 Å². The number of nitrogens with zero attached hydrogens (tertiary/aromatic N) is 5. The minimum Gasteiger partial charge on any atom is -0.479 e. The first kappa shape index (κ1) is 39.1. The number of hydrogen-bond acceptors (Lipinski definition) is 13. The fraction of sp³-hybridized carbons (Fsp3) is 0.516. The van der Waals surface area contributed by atoms with Crippen LogP contribution in [0.15, 0.2) is 61.7 Å². The monoisotopic (exact) mass is 645 g/mol. The normalized spacial score (nSPS) is 12.2. The van der Waals surface area contributed by atoms with Crippen LogP contribution in [-0.2, 0) is 24.0 Å². The van der Waals surface area contributed by atoms with E-state index in [-0.39, 0.29) is 16.8 Å². The number of aromatic nitrogens is 6. The van der Waals surface area contributed by atoms with Crippen molar-refractivity contribution >= 4 is 5.90 Å². The summed E-state index contributed by atoms with van der Waals surface area (Å²) >= 11 is 0. The molecular formula is C31H47N7O8. The molecule has 6 rings (SSSR count). The molecule has 5 aromatic rings. The summed E-state index contributed by atoms with van der Waals surface area (Å²) in [6, 6.07) is 3.33. The number of H-pyrrole nitrogens is 2. The summed E-state index contributed by atoms with van der Waals surface area (Å²) in [6.07, 6.45) is 5.92. The highest BCUT2D eigenvalue weighted by atomic mass is 16.5. The van der Waals surface area contributed by atoms with Gasteiger partial charge < -0.3 is 27.2 Å². The Morgan fingerprint density at radius 3 is 1.78 bits per heavy atom. The first-order valence-corrected chi connectivity index (χ1v) is 14.8. The average Bonchev–Trinajstić information content (AvgIpc) is 3.87. The Morgan fingerprint density at radius 2 is 1.59 bits per heavy atom. The zero-order valence-electron chi connectivity index (χ0n) is 28.6. The van der Waals surface area contributed by atoms with E-state index in [2.05, 4.69) is 77.1 Å². The molecule has 0 amide bonds. The van der Waals surface area contributed by atoms with Crippen LogP contribution in [0, 0.1) is 34.6 Å². The lowest BCUT2D eigenvalue weighted by Gasteiger charge is -2.07. The third-order valence-corrected chi connectivity index (χ3v) is 5.58. The smallest absolute Gasteiger partial charge is 0.360 e. The molecule has 254 valence electrons. The van der Waals surface area contributed by atoms with E-state index in [1.54, 1.807) is 27.0 Å². The summed E-state index contributed by atoms with van der Waals surface area (Å²) < 4.78 is 28.2. The second kappa shape index (κ2) is 20.2. The van der Waals surface area contributed by atoms with Crippen LogP contribution < -0.4 is 11.3 Å². The number of ether oxygens (including phenoxy) is 1. The average molecular weight is 646 g/mol. The van der Waals surface area contributed by atoms with Gasteiger partial charge in [-0.2, -0.15) is 0 Å². The summed E-state index contributed by atoms with van der Waals surface area (Å²) in [4.78, 5) is 24.5. The van der Waals surface area contributed by atoms with Crippen LogP contribution >= 0.6 is 0 Å². The lowest BCUT2D eigenvalue weighted by molar-refractivity contribution is 0.277. The van der Waals surface area contributed by atoms with Gasteiger partial charge in [0.2, 0.25) is 11.8 Å². The number of hydrogen-bond donors (Lipinski definition) is 2. The molecule has 1 aliphatic rings. The van der Waals surface area contributed by atoms with Crippen LogP contribution in [0.5, 0.6) is 0 Å². The molecule has 0 spiro atoms. The van der Waals surface area contributed by atoms with Gasteiger partial charge in [-0.1, -0.05) is 31.1 Å². The topological polar surface area (TPSA) is 205 Å². The largest absolute Gasteiger partial charge is 0.479 e. The summed E-state index contributed by atoms with van der Waals surface area (Å²) in [5, 5.41) is 19.6. The summed E-state index contributed by atoms with van der Waals surface area (Å²) in [6.45, 7) is 21.9. The Bertz CT molecular complexity index is 1620. The van der Waals surface area contributed by atoms with Gasteiger partial charge >= 0.3 is 11.3 Å². The lowest BCUT2D eigenvalue weighted by Crippen LogP contribution is -2.17. The van der Waals surface area contributed by atoms with Crippen LogP contribution in [0.2, 0.25) is 0 Å². The van der Waals surface area contributed by atoms with Crippen LogP contribution in [0.1, 0.15) is 87.3 Å². The van der Waals surface area contributed by atoms with Gasteiger partial charge in [0.1, 0.15) is 18.6 Å². The van der Waals surface area contributed by atoms with E-state index in [0.717, 1.165) is 60.2 Å². The maximum atomic E-state index is 10.2. The second-order valence-electron chi connectivity index (χ2n) is 10.6. The molecule has 0 unspecified atom stereocenters. The summed E-state index contributed by atoms with van der Waals surface area (Å²) in [7, 11) is 0. The van der Waals surface area contributed by atoms with Crippen LogP contribution in [0.3, 0.4) is 0 Å². The second-order valence-corrected chi connectivity index (χ2v) is 10.6. The Balaban J connectivity index is 0.000000276. The molecule has 0 aromatic carbocycles. The van der Waals surface area contributed by atoms with Crippen molar-refractivity contribution in [1.29, 1.82) is 0 Å². The van der Waals surface area contributed by atoms with Crippen molar-refractivity contribution in [3.05, 3.63) is 91.2 Å². The van der Waals surface area contributed by atoms with Gasteiger partial charge in [0, 0.05) is 44.2 Å². The lowest BCUT2D eigenvalue weighted by atomic mass is 10.1. The SMILES string of the molecule is CC1=NC(C)(C)CO1.CCc1cc(C)on1.CCc1nnc(C)o1.CCc1nocc1C.Cc1c[nH]oc1=O.Cc1cc(=O)o[nH]1. The highest BCUT2D eigenvalue weighted by molar-refractivity contribution is 5.75. The maximum Gasteiger partial charge on any atom is 0.360 e. The Morgan fingerprint density at radius 1 is 0.870 bits per heavy atom. The molecule has 15 heteroatoms.